The van der Waals surface area contributed by atoms with Gasteiger partial charge in [-0.05, 0) is 110 Å². The summed E-state index contributed by atoms with van der Waals surface area (Å²) in [5.74, 6) is 8.40. The Morgan fingerprint density at radius 2 is 0.868 bits per heavy atom. The van der Waals surface area contributed by atoms with Gasteiger partial charge in [0.15, 0.2) is 0 Å². The molecule has 2 aliphatic rings. The summed E-state index contributed by atoms with van der Waals surface area (Å²) in [6, 6.07) is 36.4. The average Bonchev–Trinajstić information content (AvgIpc) is 4.13. The van der Waals surface area contributed by atoms with E-state index in [4.69, 9.17) is 9.47 Å². The van der Waals surface area contributed by atoms with E-state index in [2.05, 4.69) is 68.0 Å². The number of hydrogen-bond donors (Lipinski definition) is 2. The lowest BCUT2D eigenvalue weighted by atomic mass is 9.99. The molecule has 0 bridgehead atoms. The molecule has 2 aliphatic heterocycles. The fourth-order valence-corrected chi connectivity index (χ4v) is 9.69. The molecular weight excluding hydrogens is 953 g/mol. The number of H-pyrrole nitrogens is 2. The van der Waals surface area contributed by atoms with E-state index in [0.29, 0.717) is 30.8 Å². The van der Waals surface area contributed by atoms with Crippen LogP contribution in [0.1, 0.15) is 51.0 Å². The zero-order valence-electron chi connectivity index (χ0n) is 43.1. The number of aromatic amines is 2. The summed E-state index contributed by atoms with van der Waals surface area (Å²) in [6.07, 6.45) is 9.28. The number of aryl methyl sites for hydroxylation is 4. The first kappa shape index (κ1) is 55.6. The Morgan fingerprint density at radius 3 is 1.29 bits per heavy atom. The van der Waals surface area contributed by atoms with Crippen LogP contribution in [0, 0.1) is 11.8 Å². The lowest BCUT2D eigenvalue weighted by molar-refractivity contribution is -0.140. The highest BCUT2D eigenvalue weighted by molar-refractivity contribution is 5.95. The van der Waals surface area contributed by atoms with Gasteiger partial charge in [0.05, 0.1) is 12.1 Å². The van der Waals surface area contributed by atoms with E-state index >= 15 is 0 Å². The third-order valence-corrected chi connectivity index (χ3v) is 14.4. The van der Waals surface area contributed by atoms with Crippen molar-refractivity contribution in [2.24, 2.45) is 14.1 Å². The van der Waals surface area contributed by atoms with Crippen LogP contribution in [0.2, 0.25) is 0 Å². The number of carbonyl (C=O) groups excluding carboxylic acids is 2. The molecule has 4 aromatic heterocycles. The zero-order chi connectivity index (χ0) is 51.9. The maximum absolute atomic E-state index is 12.3. The highest BCUT2D eigenvalue weighted by Crippen LogP contribution is 2.28. The second-order valence-electron chi connectivity index (χ2n) is 19.3. The Kier molecular flexibility index (Phi) is 18.3. The van der Waals surface area contributed by atoms with E-state index < -0.39 is 0 Å². The Hall–Kier alpha value is -8.12. The fourth-order valence-electron chi connectivity index (χ4n) is 9.69. The third kappa shape index (κ3) is 12.7. The van der Waals surface area contributed by atoms with Crippen molar-refractivity contribution in [3.8, 4) is 45.6 Å². The number of aromatic nitrogens is 4. The van der Waals surface area contributed by atoms with Crippen LogP contribution >= 0.6 is 0 Å². The van der Waals surface area contributed by atoms with Crippen LogP contribution in [0.25, 0.3) is 44.1 Å². The number of likely N-dealkylation sites (N-methyl/N-ethyl adjacent to an activating group) is 2. The van der Waals surface area contributed by atoms with Crippen LogP contribution in [-0.4, -0.2) is 129 Å². The number of fused-ring (bicyclic) bond motifs is 2. The van der Waals surface area contributed by atoms with Crippen molar-refractivity contribution in [3.63, 3.8) is 0 Å². The van der Waals surface area contributed by atoms with E-state index in [1.807, 2.05) is 119 Å². The number of pyridine rings is 2. The van der Waals surface area contributed by atoms with E-state index in [9.17, 15) is 19.2 Å². The summed E-state index contributed by atoms with van der Waals surface area (Å²) in [4.78, 5) is 62.9. The van der Waals surface area contributed by atoms with Crippen LogP contribution in [0.3, 0.4) is 0 Å². The first-order chi connectivity index (χ1) is 35.8. The van der Waals surface area contributed by atoms with E-state index in [1.54, 1.807) is 39.2 Å². The molecule has 0 unspecified atom stereocenters. The van der Waals surface area contributed by atoms with Gasteiger partial charge < -0.3 is 38.4 Å². The summed E-state index contributed by atoms with van der Waals surface area (Å²) in [5, 5.41) is 1.86. The Labute approximate surface area is 446 Å². The molecule has 0 saturated carbocycles. The van der Waals surface area contributed by atoms with Crippen molar-refractivity contribution in [1.29, 1.82) is 0 Å². The van der Waals surface area contributed by atoms with Crippen molar-refractivity contribution >= 4 is 33.6 Å². The quantitative estimate of drug-likeness (QED) is 0.110. The molecule has 0 aliphatic carbocycles. The summed E-state index contributed by atoms with van der Waals surface area (Å²) in [5.41, 5.74) is 9.73. The Bertz CT molecular complexity index is 3440. The molecule has 2 fully saturated rings. The van der Waals surface area contributed by atoms with Gasteiger partial charge in [0, 0.05) is 125 Å². The lowest BCUT2D eigenvalue weighted by Crippen LogP contribution is -2.55. The fraction of sp³-hybridized carbons (Fsp3) is 0.323. The molecule has 14 heteroatoms. The SMILES string of the molecule is C.C.C[C@@H]1C(=O)N(C)CCN1CCOc1ccc(C#Cc2ccc(-c3cn(C)c(=O)c4[nH]ccc34)cc2)cc1.C[C@@H]1C(=O)N(C)CCN1CCOc1ccc(CCc2ccc(-c3cn(C)c(=O)c4[nH]ccc34)cc2)cc1. The predicted octanol–water partition coefficient (Wildman–Crippen LogP) is 8.61. The maximum Gasteiger partial charge on any atom is 0.274 e. The van der Waals surface area contributed by atoms with Gasteiger partial charge in [-0.3, -0.25) is 29.0 Å². The van der Waals surface area contributed by atoms with Crippen molar-refractivity contribution in [1.82, 2.24) is 38.7 Å². The van der Waals surface area contributed by atoms with Gasteiger partial charge >= 0.3 is 0 Å². The van der Waals surface area contributed by atoms with Crippen LogP contribution in [0.5, 0.6) is 11.5 Å². The minimum atomic E-state index is -0.106. The van der Waals surface area contributed by atoms with Crippen molar-refractivity contribution < 1.29 is 19.1 Å². The molecule has 4 aromatic carbocycles. The Morgan fingerprint density at radius 1 is 0.500 bits per heavy atom. The predicted molar refractivity (Wildman–Crippen MR) is 306 cm³/mol. The first-order valence-corrected chi connectivity index (χ1v) is 25.3. The first-order valence-electron chi connectivity index (χ1n) is 25.3. The van der Waals surface area contributed by atoms with Gasteiger partial charge in [-0.2, -0.15) is 0 Å². The van der Waals surface area contributed by atoms with Gasteiger partial charge in [-0.1, -0.05) is 75.2 Å². The average molecular weight is 1030 g/mol. The van der Waals surface area contributed by atoms with Gasteiger partial charge in [0.1, 0.15) is 35.7 Å². The minimum Gasteiger partial charge on any atom is -0.492 e. The number of rotatable bonds is 13. The van der Waals surface area contributed by atoms with Crippen LogP contribution in [-0.2, 0) is 36.5 Å². The molecule has 2 saturated heterocycles. The number of carbonyl (C=O) groups is 2. The van der Waals surface area contributed by atoms with Crippen molar-refractivity contribution in [2.45, 2.75) is 53.6 Å². The van der Waals surface area contributed by atoms with Gasteiger partial charge in [-0.25, -0.2) is 0 Å². The summed E-state index contributed by atoms with van der Waals surface area (Å²) in [6.45, 7) is 9.74. The molecule has 76 heavy (non-hydrogen) atoms. The zero-order valence-corrected chi connectivity index (χ0v) is 43.1. The number of ether oxygens (including phenoxy) is 2. The lowest BCUT2D eigenvalue weighted by Gasteiger charge is -2.37. The van der Waals surface area contributed by atoms with E-state index in [0.717, 1.165) is 101 Å². The van der Waals surface area contributed by atoms with E-state index in [-0.39, 0.29) is 49.9 Å². The number of hydrogen-bond acceptors (Lipinski definition) is 8. The minimum absolute atomic E-state index is 0. The highest BCUT2D eigenvalue weighted by atomic mass is 16.5. The number of nitrogens with one attached hydrogen (secondary N) is 2. The smallest absolute Gasteiger partial charge is 0.274 e. The second kappa shape index (κ2) is 24.9. The molecule has 14 nitrogen and oxygen atoms in total. The molecule has 10 rings (SSSR count). The second-order valence-corrected chi connectivity index (χ2v) is 19.3. The van der Waals surface area contributed by atoms with Crippen molar-refractivity contribution in [2.75, 3.05) is 66.6 Å². The Balaban J connectivity index is 0.000000216. The largest absolute Gasteiger partial charge is 0.492 e. The number of amides is 2. The third-order valence-electron chi connectivity index (χ3n) is 14.4. The van der Waals surface area contributed by atoms with Crippen molar-refractivity contribution in [3.05, 3.63) is 177 Å². The maximum atomic E-state index is 12.3. The van der Waals surface area contributed by atoms with Gasteiger partial charge in [-0.15, -0.1) is 0 Å². The number of piperazine rings is 2. The summed E-state index contributed by atoms with van der Waals surface area (Å²) in [7, 11) is 7.26. The normalized spacial score (nSPS) is 15.8. The number of nitrogens with zero attached hydrogens (tertiary/aromatic N) is 6. The summed E-state index contributed by atoms with van der Waals surface area (Å²) < 4.78 is 15.1. The summed E-state index contributed by atoms with van der Waals surface area (Å²) >= 11 is 0. The number of benzene rings is 4. The molecule has 6 heterocycles. The molecule has 8 aromatic rings. The van der Waals surface area contributed by atoms with E-state index in [1.165, 1.54) is 11.1 Å². The molecular formula is C62H72N8O6. The molecule has 396 valence electrons. The van der Waals surface area contributed by atoms with Crippen LogP contribution < -0.4 is 20.6 Å². The van der Waals surface area contributed by atoms with Crippen LogP contribution in [0.15, 0.2) is 144 Å². The standard InChI is InChI=1S/C30H34N4O3.C30H30N4O3.2CH4/c2*1-21-29(35)32(2)16-17-34(21)18-19-37-25-12-8-23(9-13-25)5-4-22-6-10-24(11-7-22)27-20-33(3)30(36)28-26(27)14-15-31-28;;/h6-15,20-21,31H,4-5,16-19H2,1-3H3;6-15,20-21,31H,16-19H2,1-3H3;2*1H4/t2*21-;;/m11../s1. The molecule has 2 N–H and O–H groups in total. The van der Waals surface area contributed by atoms with Gasteiger partial charge in [0.25, 0.3) is 11.1 Å². The highest BCUT2D eigenvalue weighted by Gasteiger charge is 2.30. The topological polar surface area (TPSA) is 141 Å². The van der Waals surface area contributed by atoms with Crippen LogP contribution in [0.4, 0.5) is 0 Å². The van der Waals surface area contributed by atoms with Gasteiger partial charge in [0.2, 0.25) is 11.8 Å². The monoisotopic (exact) mass is 1020 g/mol. The molecule has 0 spiro atoms. The molecule has 2 amide bonds. The molecule has 0 radical (unpaired) electrons. The molecule has 2 atom stereocenters.